The first-order valence-electron chi connectivity index (χ1n) is 6.55. The molecule has 1 aromatic rings. The molecule has 0 N–H and O–H groups in total. The summed E-state index contributed by atoms with van der Waals surface area (Å²) in [6.45, 7) is 6.31. The molecule has 1 aliphatic heterocycles. The molecule has 2 rings (SSSR count). The molecule has 6 heteroatoms. The standard InChI is InChI=1S/C13H20ClNO3S/c1-9-5-4-6-15(10(9)2)19(16,17)13-7-12(8-14)18-11(13)3/h7,9-10H,4-6,8H2,1-3H3. The van der Waals surface area contributed by atoms with Gasteiger partial charge in [-0.25, -0.2) is 8.42 Å². The Morgan fingerprint density at radius 3 is 2.74 bits per heavy atom. The summed E-state index contributed by atoms with van der Waals surface area (Å²) in [6.07, 6.45) is 1.98. The molecule has 2 heterocycles. The number of piperidine rings is 1. The Morgan fingerprint density at radius 1 is 1.47 bits per heavy atom. The predicted molar refractivity (Wildman–Crippen MR) is 74.8 cm³/mol. The van der Waals surface area contributed by atoms with E-state index < -0.39 is 10.0 Å². The van der Waals surface area contributed by atoms with Crippen LogP contribution in [0.1, 0.15) is 38.2 Å². The molecule has 108 valence electrons. The van der Waals surface area contributed by atoms with E-state index in [1.165, 1.54) is 0 Å². The molecule has 0 spiro atoms. The number of hydrogen-bond acceptors (Lipinski definition) is 3. The lowest BCUT2D eigenvalue weighted by atomic mass is 9.94. The molecule has 1 fully saturated rings. The smallest absolute Gasteiger partial charge is 0.246 e. The Morgan fingerprint density at radius 2 is 2.16 bits per heavy atom. The Kier molecular flexibility index (Phi) is 4.28. The maximum atomic E-state index is 12.7. The van der Waals surface area contributed by atoms with Gasteiger partial charge in [-0.05, 0) is 32.6 Å². The summed E-state index contributed by atoms with van der Waals surface area (Å²) in [5, 5.41) is 0. The summed E-state index contributed by atoms with van der Waals surface area (Å²) in [6, 6.07) is 1.57. The van der Waals surface area contributed by atoms with Gasteiger partial charge in [-0.1, -0.05) is 6.92 Å². The van der Waals surface area contributed by atoms with Gasteiger partial charge in [0.2, 0.25) is 10.0 Å². The van der Waals surface area contributed by atoms with Crippen LogP contribution in [-0.2, 0) is 15.9 Å². The van der Waals surface area contributed by atoms with Gasteiger partial charge in [-0.3, -0.25) is 0 Å². The highest BCUT2D eigenvalue weighted by atomic mass is 35.5. The fourth-order valence-corrected chi connectivity index (χ4v) is 4.69. The van der Waals surface area contributed by atoms with E-state index in [4.69, 9.17) is 16.0 Å². The van der Waals surface area contributed by atoms with E-state index in [0.717, 1.165) is 12.8 Å². The predicted octanol–water partition coefficient (Wildman–Crippen LogP) is 3.14. The molecule has 0 radical (unpaired) electrons. The molecule has 0 amide bonds. The number of nitrogens with zero attached hydrogens (tertiary/aromatic N) is 1. The monoisotopic (exact) mass is 305 g/mol. The number of rotatable bonds is 3. The zero-order valence-electron chi connectivity index (χ0n) is 11.5. The van der Waals surface area contributed by atoms with Crippen molar-refractivity contribution in [2.75, 3.05) is 6.54 Å². The molecule has 0 bridgehead atoms. The van der Waals surface area contributed by atoms with Gasteiger partial charge in [-0.2, -0.15) is 4.31 Å². The van der Waals surface area contributed by atoms with Crippen molar-refractivity contribution in [3.8, 4) is 0 Å². The van der Waals surface area contributed by atoms with E-state index in [-0.39, 0.29) is 16.8 Å². The summed E-state index contributed by atoms with van der Waals surface area (Å²) in [5.74, 6) is 1.47. The quantitative estimate of drug-likeness (QED) is 0.806. The second-order valence-electron chi connectivity index (χ2n) is 5.24. The maximum absolute atomic E-state index is 12.7. The molecule has 1 saturated heterocycles. The van der Waals surface area contributed by atoms with Crippen molar-refractivity contribution in [2.24, 2.45) is 5.92 Å². The number of aryl methyl sites for hydroxylation is 1. The van der Waals surface area contributed by atoms with Crippen LogP contribution in [-0.4, -0.2) is 25.3 Å². The molecule has 1 aliphatic rings. The summed E-state index contributed by atoms with van der Waals surface area (Å²) >= 11 is 5.70. The number of alkyl halides is 1. The first kappa shape index (κ1) is 14.9. The zero-order chi connectivity index (χ0) is 14.2. The van der Waals surface area contributed by atoms with Crippen molar-refractivity contribution >= 4 is 21.6 Å². The Bertz CT molecular complexity index is 552. The molecular weight excluding hydrogens is 286 g/mol. The average molecular weight is 306 g/mol. The highest BCUT2D eigenvalue weighted by molar-refractivity contribution is 7.89. The van der Waals surface area contributed by atoms with Gasteiger partial charge in [0.1, 0.15) is 16.4 Å². The Balaban J connectivity index is 2.38. The van der Waals surface area contributed by atoms with Crippen LogP contribution in [0, 0.1) is 12.8 Å². The molecule has 2 atom stereocenters. The summed E-state index contributed by atoms with van der Waals surface area (Å²) in [7, 11) is -3.48. The number of hydrogen-bond donors (Lipinski definition) is 0. The second kappa shape index (κ2) is 5.46. The van der Waals surface area contributed by atoms with Crippen LogP contribution in [0.15, 0.2) is 15.4 Å². The van der Waals surface area contributed by atoms with Gasteiger partial charge in [0.05, 0.1) is 5.88 Å². The minimum absolute atomic E-state index is 0.0208. The first-order valence-corrected chi connectivity index (χ1v) is 8.52. The van der Waals surface area contributed by atoms with Crippen LogP contribution in [0.5, 0.6) is 0 Å². The van der Waals surface area contributed by atoms with E-state index in [2.05, 4.69) is 6.92 Å². The van der Waals surface area contributed by atoms with Crippen LogP contribution in [0.4, 0.5) is 0 Å². The van der Waals surface area contributed by atoms with Crippen molar-refractivity contribution in [2.45, 2.75) is 50.4 Å². The van der Waals surface area contributed by atoms with Crippen LogP contribution < -0.4 is 0 Å². The topological polar surface area (TPSA) is 50.5 Å². The molecule has 0 saturated carbocycles. The number of furan rings is 1. The molecule has 0 aliphatic carbocycles. The molecule has 1 aromatic heterocycles. The van der Waals surface area contributed by atoms with Crippen molar-refractivity contribution in [3.05, 3.63) is 17.6 Å². The minimum Gasteiger partial charge on any atom is -0.464 e. The van der Waals surface area contributed by atoms with Crippen LogP contribution in [0.3, 0.4) is 0 Å². The van der Waals surface area contributed by atoms with Crippen molar-refractivity contribution in [1.82, 2.24) is 4.31 Å². The van der Waals surface area contributed by atoms with E-state index in [1.54, 1.807) is 17.3 Å². The fourth-order valence-electron chi connectivity index (χ4n) is 2.61. The van der Waals surface area contributed by atoms with Gasteiger partial charge in [0.25, 0.3) is 0 Å². The van der Waals surface area contributed by atoms with Gasteiger partial charge < -0.3 is 4.42 Å². The third-order valence-electron chi connectivity index (χ3n) is 3.96. The lowest BCUT2D eigenvalue weighted by Gasteiger charge is -2.36. The molecular formula is C13H20ClNO3S. The van der Waals surface area contributed by atoms with E-state index in [9.17, 15) is 8.42 Å². The van der Waals surface area contributed by atoms with E-state index in [1.807, 2.05) is 6.92 Å². The normalized spacial score (nSPS) is 25.7. The Hall–Kier alpha value is -0.520. The third kappa shape index (κ3) is 2.69. The van der Waals surface area contributed by atoms with Crippen molar-refractivity contribution in [3.63, 3.8) is 0 Å². The maximum Gasteiger partial charge on any atom is 0.246 e. The molecule has 4 nitrogen and oxygen atoms in total. The lowest BCUT2D eigenvalue weighted by Crippen LogP contribution is -2.45. The fraction of sp³-hybridized carbons (Fsp3) is 0.692. The lowest BCUT2D eigenvalue weighted by molar-refractivity contribution is 0.202. The number of sulfonamides is 1. The highest BCUT2D eigenvalue weighted by Gasteiger charge is 2.36. The van der Waals surface area contributed by atoms with Gasteiger partial charge in [-0.15, -0.1) is 11.6 Å². The van der Waals surface area contributed by atoms with Crippen LogP contribution in [0.25, 0.3) is 0 Å². The summed E-state index contributed by atoms with van der Waals surface area (Å²) in [4.78, 5) is 0.254. The van der Waals surface area contributed by atoms with E-state index >= 15 is 0 Å². The summed E-state index contributed by atoms with van der Waals surface area (Å²) in [5.41, 5.74) is 0. The molecule has 2 unspecified atom stereocenters. The zero-order valence-corrected chi connectivity index (χ0v) is 13.1. The van der Waals surface area contributed by atoms with E-state index in [0.29, 0.717) is 24.0 Å². The third-order valence-corrected chi connectivity index (χ3v) is 6.31. The molecule has 0 aromatic carbocycles. The average Bonchev–Trinajstić information content (AvgIpc) is 2.74. The number of halogens is 1. The van der Waals surface area contributed by atoms with Crippen molar-refractivity contribution < 1.29 is 12.8 Å². The van der Waals surface area contributed by atoms with Crippen LogP contribution >= 0.6 is 11.6 Å². The first-order chi connectivity index (χ1) is 8.87. The molecule has 19 heavy (non-hydrogen) atoms. The summed E-state index contributed by atoms with van der Waals surface area (Å²) < 4.78 is 32.4. The van der Waals surface area contributed by atoms with Gasteiger partial charge >= 0.3 is 0 Å². The van der Waals surface area contributed by atoms with Crippen molar-refractivity contribution in [1.29, 1.82) is 0 Å². The Labute approximate surface area is 119 Å². The van der Waals surface area contributed by atoms with Crippen LogP contribution in [0.2, 0.25) is 0 Å². The minimum atomic E-state index is -3.48. The van der Waals surface area contributed by atoms with Gasteiger partial charge in [0, 0.05) is 18.7 Å². The SMILES string of the molecule is Cc1oc(CCl)cc1S(=O)(=O)N1CCCC(C)C1C. The van der Waals surface area contributed by atoms with Gasteiger partial charge in [0.15, 0.2) is 0 Å². The largest absolute Gasteiger partial charge is 0.464 e. The second-order valence-corrected chi connectivity index (χ2v) is 7.37. The highest BCUT2D eigenvalue weighted by Crippen LogP contribution is 2.31.